The van der Waals surface area contributed by atoms with Gasteiger partial charge in [-0.15, -0.1) is 0 Å². The van der Waals surface area contributed by atoms with Gasteiger partial charge in [0.25, 0.3) is 0 Å². The summed E-state index contributed by atoms with van der Waals surface area (Å²) in [7, 11) is 0. The van der Waals surface area contributed by atoms with Gasteiger partial charge in [0, 0.05) is 6.04 Å². The Balaban J connectivity index is 1.95. The summed E-state index contributed by atoms with van der Waals surface area (Å²) in [6.07, 6.45) is 5.30. The Bertz CT molecular complexity index is 339. The monoisotopic (exact) mass is 254 g/mol. The molecule has 1 heterocycles. The van der Waals surface area contributed by atoms with Crippen molar-refractivity contribution in [3.63, 3.8) is 0 Å². The molecule has 1 amide bonds. The molecular weight excluding hydrogens is 232 g/mol. The number of carbonyl (C=O) groups is 2. The number of hydrogen-bond acceptors (Lipinski definition) is 3. The van der Waals surface area contributed by atoms with Crippen LogP contribution in [0.3, 0.4) is 0 Å². The molecule has 0 radical (unpaired) electrons. The normalized spacial score (nSPS) is 36.3. The van der Waals surface area contributed by atoms with Gasteiger partial charge in [0.1, 0.15) is 0 Å². The van der Waals surface area contributed by atoms with E-state index < -0.39 is 11.4 Å². The average molecular weight is 254 g/mol. The molecule has 0 aromatic rings. The standard InChI is InChI=1S/C13H22N2O3/c1-13(12(17)18)7-4-6-10(13)15-11(16)9-5-2-3-8-14-9/h9-10,14H,2-8H2,1H3,(H,15,16)(H,17,18)/t9-,10?,13?/m0/s1. The van der Waals surface area contributed by atoms with Gasteiger partial charge in [-0.3, -0.25) is 9.59 Å². The SMILES string of the molecule is CC1(C(=O)O)CCCC1NC(=O)[C@@H]1CCCCN1. The summed E-state index contributed by atoms with van der Waals surface area (Å²) in [5, 5.41) is 15.4. The van der Waals surface area contributed by atoms with Crippen LogP contribution in [0.4, 0.5) is 0 Å². The highest BCUT2D eigenvalue weighted by molar-refractivity contribution is 5.84. The number of hydrogen-bond donors (Lipinski definition) is 3. The minimum Gasteiger partial charge on any atom is -0.481 e. The Morgan fingerprint density at radius 3 is 2.67 bits per heavy atom. The number of rotatable bonds is 3. The largest absolute Gasteiger partial charge is 0.481 e. The molecular formula is C13H22N2O3. The zero-order valence-electron chi connectivity index (χ0n) is 10.9. The van der Waals surface area contributed by atoms with Gasteiger partial charge in [-0.05, 0) is 39.2 Å². The van der Waals surface area contributed by atoms with Gasteiger partial charge in [0.15, 0.2) is 0 Å². The molecule has 0 spiro atoms. The van der Waals surface area contributed by atoms with Crippen LogP contribution in [0.2, 0.25) is 0 Å². The molecule has 2 aliphatic rings. The van der Waals surface area contributed by atoms with Crippen LogP contribution in [0.5, 0.6) is 0 Å². The first-order valence-corrected chi connectivity index (χ1v) is 6.81. The van der Waals surface area contributed by atoms with Crippen LogP contribution in [0.1, 0.15) is 45.4 Å². The summed E-state index contributed by atoms with van der Waals surface area (Å²) in [5.41, 5.74) is -0.801. The van der Waals surface area contributed by atoms with E-state index in [0.717, 1.165) is 38.6 Å². The smallest absolute Gasteiger partial charge is 0.311 e. The molecule has 5 heteroatoms. The summed E-state index contributed by atoms with van der Waals surface area (Å²) in [5.74, 6) is -0.837. The first-order valence-electron chi connectivity index (χ1n) is 6.81. The Labute approximate surface area is 107 Å². The third-order valence-corrected chi connectivity index (χ3v) is 4.39. The predicted octanol–water partition coefficient (Wildman–Crippen LogP) is 0.888. The van der Waals surface area contributed by atoms with Crippen LogP contribution in [-0.2, 0) is 9.59 Å². The Morgan fingerprint density at radius 1 is 1.28 bits per heavy atom. The fraction of sp³-hybridized carbons (Fsp3) is 0.846. The van der Waals surface area contributed by atoms with Crippen molar-refractivity contribution in [2.45, 2.75) is 57.5 Å². The van der Waals surface area contributed by atoms with E-state index >= 15 is 0 Å². The molecule has 0 aromatic heterocycles. The Morgan fingerprint density at radius 2 is 2.06 bits per heavy atom. The highest BCUT2D eigenvalue weighted by Crippen LogP contribution is 2.38. The lowest BCUT2D eigenvalue weighted by Crippen LogP contribution is -2.53. The van der Waals surface area contributed by atoms with Gasteiger partial charge in [0.05, 0.1) is 11.5 Å². The number of amides is 1. The van der Waals surface area contributed by atoms with Crippen molar-refractivity contribution >= 4 is 11.9 Å². The second-order valence-corrected chi connectivity index (χ2v) is 5.68. The summed E-state index contributed by atoms with van der Waals surface area (Å²) in [6, 6.07) is -0.372. The lowest BCUT2D eigenvalue weighted by Gasteiger charge is -2.30. The Hall–Kier alpha value is -1.10. The molecule has 2 unspecified atom stereocenters. The van der Waals surface area contributed by atoms with Crippen molar-refractivity contribution in [3.8, 4) is 0 Å². The highest BCUT2D eigenvalue weighted by Gasteiger charge is 2.46. The number of carboxylic acid groups (broad SMARTS) is 1. The van der Waals surface area contributed by atoms with Crippen LogP contribution in [0.25, 0.3) is 0 Å². The summed E-state index contributed by atoms with van der Waals surface area (Å²) < 4.78 is 0. The number of aliphatic carboxylic acids is 1. The lowest BCUT2D eigenvalue weighted by atomic mass is 9.84. The van der Waals surface area contributed by atoms with Crippen LogP contribution < -0.4 is 10.6 Å². The van der Waals surface area contributed by atoms with Crippen molar-refractivity contribution in [1.82, 2.24) is 10.6 Å². The first kappa shape index (κ1) is 13.3. The van der Waals surface area contributed by atoms with Crippen molar-refractivity contribution in [1.29, 1.82) is 0 Å². The van der Waals surface area contributed by atoms with Gasteiger partial charge < -0.3 is 15.7 Å². The van der Waals surface area contributed by atoms with Crippen molar-refractivity contribution in [3.05, 3.63) is 0 Å². The number of piperidine rings is 1. The van der Waals surface area contributed by atoms with E-state index in [1.807, 2.05) is 0 Å². The maximum atomic E-state index is 12.1. The van der Waals surface area contributed by atoms with Gasteiger partial charge in [-0.25, -0.2) is 0 Å². The van der Waals surface area contributed by atoms with Crippen LogP contribution in [0.15, 0.2) is 0 Å². The summed E-state index contributed by atoms with van der Waals surface area (Å²) >= 11 is 0. The number of nitrogens with one attached hydrogen (secondary N) is 2. The second kappa shape index (κ2) is 5.26. The van der Waals surface area contributed by atoms with Gasteiger partial charge in [0.2, 0.25) is 5.91 Å². The fourth-order valence-electron chi connectivity index (χ4n) is 3.00. The maximum absolute atomic E-state index is 12.1. The molecule has 1 saturated carbocycles. The van der Waals surface area contributed by atoms with E-state index in [4.69, 9.17) is 0 Å². The number of carboxylic acids is 1. The van der Waals surface area contributed by atoms with E-state index in [9.17, 15) is 14.7 Å². The molecule has 1 saturated heterocycles. The van der Waals surface area contributed by atoms with Crippen molar-refractivity contribution in [2.75, 3.05) is 6.54 Å². The van der Waals surface area contributed by atoms with Crippen molar-refractivity contribution < 1.29 is 14.7 Å². The molecule has 5 nitrogen and oxygen atoms in total. The topological polar surface area (TPSA) is 78.4 Å². The zero-order valence-corrected chi connectivity index (χ0v) is 10.9. The van der Waals surface area contributed by atoms with E-state index in [1.165, 1.54) is 0 Å². The fourth-order valence-corrected chi connectivity index (χ4v) is 3.00. The van der Waals surface area contributed by atoms with Crippen LogP contribution >= 0.6 is 0 Å². The third kappa shape index (κ3) is 2.51. The number of carbonyl (C=O) groups excluding carboxylic acids is 1. The molecule has 2 fully saturated rings. The van der Waals surface area contributed by atoms with E-state index in [-0.39, 0.29) is 18.0 Å². The molecule has 1 aliphatic carbocycles. The van der Waals surface area contributed by atoms with E-state index in [1.54, 1.807) is 6.92 Å². The summed E-state index contributed by atoms with van der Waals surface area (Å²) in [4.78, 5) is 23.4. The van der Waals surface area contributed by atoms with Gasteiger partial charge in [-0.1, -0.05) is 12.8 Å². The quantitative estimate of drug-likeness (QED) is 0.699. The van der Waals surface area contributed by atoms with Crippen LogP contribution in [-0.4, -0.2) is 35.6 Å². The summed E-state index contributed by atoms with van der Waals surface area (Å²) in [6.45, 7) is 2.61. The zero-order chi connectivity index (χ0) is 13.2. The molecule has 3 N–H and O–H groups in total. The average Bonchev–Trinajstić information content (AvgIpc) is 2.73. The minimum atomic E-state index is -0.804. The predicted molar refractivity (Wildman–Crippen MR) is 67.2 cm³/mol. The van der Waals surface area contributed by atoms with Gasteiger partial charge >= 0.3 is 5.97 Å². The minimum absolute atomic E-state index is 0.0333. The molecule has 18 heavy (non-hydrogen) atoms. The lowest BCUT2D eigenvalue weighted by molar-refractivity contribution is -0.149. The van der Waals surface area contributed by atoms with Crippen LogP contribution in [0, 0.1) is 5.41 Å². The maximum Gasteiger partial charge on any atom is 0.311 e. The molecule has 0 aromatic carbocycles. The first-order chi connectivity index (χ1) is 8.54. The van der Waals surface area contributed by atoms with E-state index in [2.05, 4.69) is 10.6 Å². The molecule has 0 bridgehead atoms. The molecule has 2 rings (SSSR count). The Kier molecular flexibility index (Phi) is 3.90. The molecule has 102 valence electrons. The molecule has 1 aliphatic heterocycles. The third-order valence-electron chi connectivity index (χ3n) is 4.39. The highest BCUT2D eigenvalue weighted by atomic mass is 16.4. The second-order valence-electron chi connectivity index (χ2n) is 5.68. The van der Waals surface area contributed by atoms with E-state index in [0.29, 0.717) is 6.42 Å². The molecule has 3 atom stereocenters. The van der Waals surface area contributed by atoms with Gasteiger partial charge in [-0.2, -0.15) is 0 Å². The van der Waals surface area contributed by atoms with Crippen molar-refractivity contribution in [2.24, 2.45) is 5.41 Å².